The van der Waals surface area contributed by atoms with Gasteiger partial charge in [0, 0.05) is 32.0 Å². The summed E-state index contributed by atoms with van der Waals surface area (Å²) in [6.07, 6.45) is 2.02. The fourth-order valence-corrected chi connectivity index (χ4v) is 3.22. The molecular weight excluding hydrogens is 341 g/mol. The molecule has 3 rings (SSSR count). The van der Waals surface area contributed by atoms with Crippen LogP contribution in [0.3, 0.4) is 0 Å². The Morgan fingerprint density at radius 1 is 1.35 bits per heavy atom. The number of amides is 1. The van der Waals surface area contributed by atoms with Gasteiger partial charge in [0.2, 0.25) is 0 Å². The summed E-state index contributed by atoms with van der Waals surface area (Å²) in [5.74, 6) is -1.64. The van der Waals surface area contributed by atoms with Crippen LogP contribution in [0, 0.1) is 18.2 Å². The van der Waals surface area contributed by atoms with Crippen LogP contribution in [0.1, 0.15) is 22.5 Å². The highest BCUT2D eigenvalue weighted by atomic mass is 19.1. The number of carboxylic acid groups (broad SMARTS) is 1. The number of aromatic nitrogens is 2. The Kier molecular flexibility index (Phi) is 4.78. The van der Waals surface area contributed by atoms with E-state index in [0.29, 0.717) is 24.2 Å². The zero-order valence-corrected chi connectivity index (χ0v) is 14.6. The van der Waals surface area contributed by atoms with Crippen molar-refractivity contribution in [2.24, 2.45) is 5.41 Å². The third kappa shape index (κ3) is 3.20. The first kappa shape index (κ1) is 18.1. The Morgan fingerprint density at radius 3 is 2.65 bits per heavy atom. The number of benzene rings is 1. The zero-order chi connectivity index (χ0) is 18.9. The largest absolute Gasteiger partial charge is 0.481 e. The number of ether oxygens (including phenoxy) is 1. The third-order valence-electron chi connectivity index (χ3n) is 4.71. The number of carbonyl (C=O) groups is 2. The molecule has 2 aromatic rings. The second kappa shape index (κ2) is 6.87. The molecule has 1 aliphatic rings. The van der Waals surface area contributed by atoms with Crippen LogP contribution in [-0.4, -0.2) is 58.5 Å². The Balaban J connectivity index is 1.83. The van der Waals surface area contributed by atoms with Gasteiger partial charge in [0.1, 0.15) is 11.2 Å². The molecule has 1 N–H and O–H groups in total. The van der Waals surface area contributed by atoms with Crippen LogP contribution in [0.5, 0.6) is 0 Å². The first-order valence-corrected chi connectivity index (χ1v) is 8.20. The van der Waals surface area contributed by atoms with E-state index < -0.39 is 11.4 Å². The number of nitrogens with zero attached hydrogens (tertiary/aromatic N) is 3. The normalized spacial score (nSPS) is 19.7. The van der Waals surface area contributed by atoms with E-state index in [1.54, 1.807) is 25.3 Å². The summed E-state index contributed by atoms with van der Waals surface area (Å²) in [6, 6.07) is 5.78. The lowest BCUT2D eigenvalue weighted by Gasteiger charge is -2.23. The monoisotopic (exact) mass is 361 g/mol. The maximum absolute atomic E-state index is 13.1. The lowest BCUT2D eigenvalue weighted by atomic mass is 9.88. The van der Waals surface area contributed by atoms with Crippen LogP contribution in [0.25, 0.3) is 5.69 Å². The van der Waals surface area contributed by atoms with Gasteiger partial charge in [0.15, 0.2) is 5.69 Å². The van der Waals surface area contributed by atoms with Gasteiger partial charge in [-0.3, -0.25) is 9.59 Å². The molecule has 1 amide bonds. The average molecular weight is 361 g/mol. The van der Waals surface area contributed by atoms with Gasteiger partial charge in [-0.1, -0.05) is 0 Å². The number of likely N-dealkylation sites (tertiary alicyclic amines) is 1. The van der Waals surface area contributed by atoms with E-state index in [0.717, 1.165) is 0 Å². The first-order valence-electron chi connectivity index (χ1n) is 8.20. The Morgan fingerprint density at radius 2 is 2.04 bits per heavy atom. The van der Waals surface area contributed by atoms with Gasteiger partial charge in [-0.2, -0.15) is 5.10 Å². The summed E-state index contributed by atoms with van der Waals surface area (Å²) in [4.78, 5) is 26.0. The average Bonchev–Trinajstić information content (AvgIpc) is 3.20. The minimum Gasteiger partial charge on any atom is -0.481 e. The quantitative estimate of drug-likeness (QED) is 0.879. The van der Waals surface area contributed by atoms with Gasteiger partial charge in [0.25, 0.3) is 5.91 Å². The maximum Gasteiger partial charge on any atom is 0.313 e. The van der Waals surface area contributed by atoms with Crippen LogP contribution >= 0.6 is 0 Å². The number of aliphatic carboxylic acids is 1. The lowest BCUT2D eigenvalue weighted by Crippen LogP contribution is -2.40. The van der Waals surface area contributed by atoms with E-state index in [1.807, 2.05) is 0 Å². The fourth-order valence-electron chi connectivity index (χ4n) is 3.22. The number of hydrogen-bond acceptors (Lipinski definition) is 4. The number of carboxylic acids is 1. The predicted molar refractivity (Wildman–Crippen MR) is 90.7 cm³/mol. The first-order chi connectivity index (χ1) is 12.4. The van der Waals surface area contributed by atoms with Crippen LogP contribution in [0.2, 0.25) is 0 Å². The Hall–Kier alpha value is -2.74. The number of methoxy groups -OCH3 is 1. The summed E-state index contributed by atoms with van der Waals surface area (Å²) < 4.78 is 19.6. The minimum absolute atomic E-state index is 0.0507. The summed E-state index contributed by atoms with van der Waals surface area (Å²) >= 11 is 0. The van der Waals surface area contributed by atoms with Crippen molar-refractivity contribution >= 4 is 11.9 Å². The van der Waals surface area contributed by atoms with Gasteiger partial charge in [0.05, 0.1) is 12.3 Å². The SMILES string of the molecule is COCC1(C(=O)O)CCN(C(=O)c2nn(-c3ccc(F)cc3)cc2C)C1. The molecule has 1 aromatic carbocycles. The van der Waals surface area contributed by atoms with E-state index in [1.165, 1.54) is 28.8 Å². The molecule has 0 saturated carbocycles. The second-order valence-electron chi connectivity index (χ2n) is 6.58. The molecule has 0 spiro atoms. The maximum atomic E-state index is 13.1. The molecule has 1 fully saturated rings. The molecule has 138 valence electrons. The minimum atomic E-state index is -1.09. The number of hydrogen-bond donors (Lipinski definition) is 1. The van der Waals surface area contributed by atoms with E-state index in [2.05, 4.69) is 5.10 Å². The number of halogens is 1. The van der Waals surface area contributed by atoms with E-state index in [-0.39, 0.29) is 30.6 Å². The van der Waals surface area contributed by atoms with Crippen LogP contribution in [0.15, 0.2) is 30.5 Å². The van der Waals surface area contributed by atoms with Crippen molar-refractivity contribution in [1.82, 2.24) is 14.7 Å². The predicted octanol–water partition coefficient (Wildman–Crippen LogP) is 1.88. The molecule has 1 atom stereocenters. The number of rotatable bonds is 5. The smallest absolute Gasteiger partial charge is 0.313 e. The van der Waals surface area contributed by atoms with Crippen molar-refractivity contribution in [3.8, 4) is 5.69 Å². The fraction of sp³-hybridized carbons (Fsp3) is 0.389. The molecule has 1 saturated heterocycles. The molecule has 1 aliphatic heterocycles. The molecule has 0 aliphatic carbocycles. The van der Waals surface area contributed by atoms with Crippen LogP contribution < -0.4 is 0 Å². The highest BCUT2D eigenvalue weighted by Gasteiger charge is 2.47. The van der Waals surface area contributed by atoms with Crippen LogP contribution in [-0.2, 0) is 9.53 Å². The number of aryl methyl sites for hydroxylation is 1. The van der Waals surface area contributed by atoms with Crippen molar-refractivity contribution in [2.75, 3.05) is 26.8 Å². The molecule has 7 nitrogen and oxygen atoms in total. The third-order valence-corrected chi connectivity index (χ3v) is 4.71. The second-order valence-corrected chi connectivity index (χ2v) is 6.58. The van der Waals surface area contributed by atoms with Crippen LogP contribution in [0.4, 0.5) is 4.39 Å². The van der Waals surface area contributed by atoms with Crippen molar-refractivity contribution < 1.29 is 23.8 Å². The van der Waals surface area contributed by atoms with E-state index in [4.69, 9.17) is 4.74 Å². The van der Waals surface area contributed by atoms with Crippen molar-refractivity contribution in [1.29, 1.82) is 0 Å². The molecule has 1 unspecified atom stereocenters. The van der Waals surface area contributed by atoms with Gasteiger partial charge in [-0.15, -0.1) is 0 Å². The van der Waals surface area contributed by atoms with Gasteiger partial charge in [-0.05, 0) is 37.6 Å². The Labute approximate surface area is 150 Å². The van der Waals surface area contributed by atoms with E-state index >= 15 is 0 Å². The highest BCUT2D eigenvalue weighted by molar-refractivity contribution is 5.94. The van der Waals surface area contributed by atoms with Gasteiger partial charge in [-0.25, -0.2) is 9.07 Å². The topological polar surface area (TPSA) is 84.7 Å². The molecule has 8 heteroatoms. The summed E-state index contributed by atoms with van der Waals surface area (Å²) in [6.45, 7) is 2.22. The molecule has 2 heterocycles. The molecule has 0 radical (unpaired) electrons. The summed E-state index contributed by atoms with van der Waals surface area (Å²) in [5.41, 5.74) is 0.471. The zero-order valence-electron chi connectivity index (χ0n) is 14.6. The summed E-state index contributed by atoms with van der Waals surface area (Å²) in [7, 11) is 1.45. The standard InChI is InChI=1S/C18H20FN3O4/c1-12-9-22(14-5-3-13(19)4-6-14)20-15(12)16(23)21-8-7-18(10-21,11-26-2)17(24)25/h3-6,9H,7-8,10-11H2,1-2H3,(H,24,25). The Bertz CT molecular complexity index is 833. The highest BCUT2D eigenvalue weighted by Crippen LogP contribution is 2.32. The summed E-state index contributed by atoms with van der Waals surface area (Å²) in [5, 5.41) is 13.8. The van der Waals surface area contributed by atoms with Crippen molar-refractivity contribution in [2.45, 2.75) is 13.3 Å². The lowest BCUT2D eigenvalue weighted by molar-refractivity contribution is -0.151. The van der Waals surface area contributed by atoms with Gasteiger partial charge >= 0.3 is 5.97 Å². The molecule has 0 bridgehead atoms. The van der Waals surface area contributed by atoms with E-state index in [9.17, 15) is 19.1 Å². The molecule has 26 heavy (non-hydrogen) atoms. The molecule has 1 aromatic heterocycles. The molecular formula is C18H20FN3O4. The van der Waals surface area contributed by atoms with Crippen molar-refractivity contribution in [3.05, 3.63) is 47.5 Å². The number of carbonyl (C=O) groups excluding carboxylic acids is 1. The van der Waals surface area contributed by atoms with Gasteiger partial charge < -0.3 is 14.7 Å². The van der Waals surface area contributed by atoms with Crippen molar-refractivity contribution in [3.63, 3.8) is 0 Å².